The lowest BCUT2D eigenvalue weighted by Gasteiger charge is -2.42. The van der Waals surface area contributed by atoms with E-state index < -0.39 is 28.7 Å². The van der Waals surface area contributed by atoms with Gasteiger partial charge in [-0.25, -0.2) is 4.79 Å². The van der Waals surface area contributed by atoms with Gasteiger partial charge in [-0.2, -0.15) is 0 Å². The van der Waals surface area contributed by atoms with E-state index in [1.165, 1.54) is 109 Å². The molecule has 68 heavy (non-hydrogen) atoms. The standard InChI is InChI=1S/C57H103NO10/c1-7-11-21-31-48(32-22-12-8-2)37-43-66-51(59)35-25-17-15-19-27-39-56(54(62)63)45-50(53(61)68-42-30-29-41-58(5)6)46-57(47-56,55(64)65)40-28-20-16-18-26-36-52(60)67-44-38-49(33-23-13-9-3)34-24-14-10-4/h45,48-49H,7-44,46-47H2,1-6H3,(H,62,63)(H,64,65). The fourth-order valence-electron chi connectivity index (χ4n) is 10.1. The average Bonchev–Trinajstić information content (AvgIpc) is 3.30. The summed E-state index contributed by atoms with van der Waals surface area (Å²) in [6, 6.07) is 0. The number of aliphatic carboxylic acids is 2. The summed E-state index contributed by atoms with van der Waals surface area (Å²) in [5.74, 6) is -1.91. The van der Waals surface area contributed by atoms with Crippen LogP contribution in [0.2, 0.25) is 0 Å². The number of esters is 3. The van der Waals surface area contributed by atoms with Gasteiger partial charge in [0.2, 0.25) is 0 Å². The number of carboxylic acid groups (broad SMARTS) is 2. The molecule has 2 N–H and O–H groups in total. The molecular formula is C57H103NO10. The molecule has 0 saturated heterocycles. The highest BCUT2D eigenvalue weighted by Crippen LogP contribution is 2.51. The molecule has 2 atom stereocenters. The van der Waals surface area contributed by atoms with Crippen LogP contribution in [0.1, 0.15) is 259 Å². The summed E-state index contributed by atoms with van der Waals surface area (Å²) in [7, 11) is 3.96. The highest BCUT2D eigenvalue weighted by molar-refractivity contribution is 5.93. The number of nitrogens with zero attached hydrogens (tertiary/aromatic N) is 1. The van der Waals surface area contributed by atoms with Crippen molar-refractivity contribution in [3.05, 3.63) is 11.6 Å². The molecule has 0 heterocycles. The van der Waals surface area contributed by atoms with Gasteiger partial charge in [0.05, 0.1) is 30.7 Å². The molecule has 0 aromatic rings. The van der Waals surface area contributed by atoms with Crippen molar-refractivity contribution in [2.45, 2.75) is 259 Å². The number of carboxylic acids is 2. The van der Waals surface area contributed by atoms with Gasteiger partial charge in [0.15, 0.2) is 0 Å². The van der Waals surface area contributed by atoms with Gasteiger partial charge < -0.3 is 29.3 Å². The van der Waals surface area contributed by atoms with Gasteiger partial charge in [-0.15, -0.1) is 0 Å². The normalized spacial score (nSPS) is 17.2. The SMILES string of the molecule is CCCCCC(CCCCC)CCOC(=O)CCCCCCCC1(C(=O)O)C=C(C(=O)OCCCCN(C)C)CC(CCCCCCCC(=O)OCCC(CCCCC)CCCCC)(C(=O)O)C1. The van der Waals surface area contributed by atoms with Gasteiger partial charge in [0, 0.05) is 18.4 Å². The summed E-state index contributed by atoms with van der Waals surface area (Å²) in [6.45, 7) is 10.9. The Morgan fingerprint density at radius 2 is 0.956 bits per heavy atom. The summed E-state index contributed by atoms with van der Waals surface area (Å²) in [5.41, 5.74) is -2.80. The van der Waals surface area contributed by atoms with Gasteiger partial charge in [-0.1, -0.05) is 188 Å². The molecular weight excluding hydrogens is 859 g/mol. The maximum Gasteiger partial charge on any atom is 0.333 e. The summed E-state index contributed by atoms with van der Waals surface area (Å²) in [4.78, 5) is 67.3. The Morgan fingerprint density at radius 1 is 0.515 bits per heavy atom. The van der Waals surface area contributed by atoms with Gasteiger partial charge in [-0.05, 0) is 96.7 Å². The smallest absolute Gasteiger partial charge is 0.333 e. The number of carbonyl (C=O) groups excluding carboxylic acids is 3. The number of hydrogen-bond acceptors (Lipinski definition) is 9. The van der Waals surface area contributed by atoms with Crippen LogP contribution in [0.4, 0.5) is 0 Å². The predicted molar refractivity (Wildman–Crippen MR) is 276 cm³/mol. The monoisotopic (exact) mass is 962 g/mol. The summed E-state index contributed by atoms with van der Waals surface area (Å²) in [5, 5.41) is 21.6. The number of ether oxygens (including phenoxy) is 3. The van der Waals surface area contributed by atoms with Gasteiger partial charge >= 0.3 is 29.8 Å². The minimum atomic E-state index is -1.52. The van der Waals surface area contributed by atoms with Crippen LogP contribution in [0.15, 0.2) is 11.6 Å². The number of hydrogen-bond donors (Lipinski definition) is 2. The van der Waals surface area contributed by atoms with Gasteiger partial charge in [0.1, 0.15) is 0 Å². The van der Waals surface area contributed by atoms with E-state index in [0.29, 0.717) is 70.0 Å². The predicted octanol–water partition coefficient (Wildman–Crippen LogP) is 14.6. The summed E-state index contributed by atoms with van der Waals surface area (Å²) in [6.07, 6.45) is 32.7. The quantitative estimate of drug-likeness (QED) is 0.0340. The Balaban J connectivity index is 2.78. The van der Waals surface area contributed by atoms with E-state index in [0.717, 1.165) is 64.3 Å². The van der Waals surface area contributed by atoms with Crippen LogP contribution in [0.25, 0.3) is 0 Å². The van der Waals surface area contributed by atoms with E-state index in [1.807, 2.05) is 14.1 Å². The molecule has 1 rings (SSSR count). The molecule has 0 amide bonds. The zero-order chi connectivity index (χ0) is 50.3. The second kappa shape index (κ2) is 39.7. The first-order valence-corrected chi connectivity index (χ1v) is 28.1. The van der Waals surface area contributed by atoms with Crippen LogP contribution in [0, 0.1) is 22.7 Å². The van der Waals surface area contributed by atoms with Crippen LogP contribution >= 0.6 is 0 Å². The first-order valence-electron chi connectivity index (χ1n) is 28.1. The number of carbonyl (C=O) groups is 5. The molecule has 2 unspecified atom stereocenters. The molecule has 0 spiro atoms. The number of unbranched alkanes of at least 4 members (excludes halogenated alkanes) is 17. The topological polar surface area (TPSA) is 157 Å². The Kier molecular flexibility index (Phi) is 36.9. The maximum absolute atomic E-state index is 13.6. The Hall–Kier alpha value is -2.95. The van der Waals surface area contributed by atoms with Crippen molar-refractivity contribution in [1.82, 2.24) is 4.90 Å². The fourth-order valence-corrected chi connectivity index (χ4v) is 10.1. The van der Waals surface area contributed by atoms with Crippen molar-refractivity contribution in [2.75, 3.05) is 40.5 Å². The third kappa shape index (κ3) is 29.3. The minimum absolute atomic E-state index is 0.0632. The van der Waals surface area contributed by atoms with E-state index in [4.69, 9.17) is 14.2 Å². The molecule has 0 aromatic heterocycles. The first kappa shape index (κ1) is 63.1. The zero-order valence-corrected chi connectivity index (χ0v) is 44.6. The average molecular weight is 962 g/mol. The molecule has 0 saturated carbocycles. The van der Waals surface area contributed by atoms with E-state index in [9.17, 15) is 34.2 Å². The molecule has 0 radical (unpaired) electrons. The molecule has 1 aliphatic rings. The fraction of sp³-hybridized carbons (Fsp3) is 0.877. The lowest BCUT2D eigenvalue weighted by atomic mass is 9.60. The molecule has 396 valence electrons. The third-order valence-corrected chi connectivity index (χ3v) is 14.5. The van der Waals surface area contributed by atoms with Crippen molar-refractivity contribution in [2.24, 2.45) is 22.7 Å². The molecule has 1 aliphatic carbocycles. The van der Waals surface area contributed by atoms with Crippen molar-refractivity contribution >= 4 is 29.8 Å². The van der Waals surface area contributed by atoms with Crippen molar-refractivity contribution in [1.29, 1.82) is 0 Å². The second-order valence-corrected chi connectivity index (χ2v) is 21.0. The molecule has 11 heteroatoms. The van der Waals surface area contributed by atoms with E-state index in [-0.39, 0.29) is 49.8 Å². The van der Waals surface area contributed by atoms with Crippen molar-refractivity contribution < 1.29 is 48.4 Å². The van der Waals surface area contributed by atoms with Crippen LogP contribution < -0.4 is 0 Å². The lowest BCUT2D eigenvalue weighted by molar-refractivity contribution is -0.158. The van der Waals surface area contributed by atoms with Crippen LogP contribution in [0.3, 0.4) is 0 Å². The minimum Gasteiger partial charge on any atom is -0.481 e. The largest absolute Gasteiger partial charge is 0.481 e. The molecule has 0 bridgehead atoms. The van der Waals surface area contributed by atoms with Crippen LogP contribution in [0.5, 0.6) is 0 Å². The Bertz CT molecular complexity index is 1360. The Morgan fingerprint density at radius 3 is 1.38 bits per heavy atom. The summed E-state index contributed by atoms with van der Waals surface area (Å²) < 4.78 is 16.9. The van der Waals surface area contributed by atoms with Gasteiger partial charge in [0.25, 0.3) is 0 Å². The van der Waals surface area contributed by atoms with Crippen LogP contribution in [-0.4, -0.2) is 85.4 Å². The van der Waals surface area contributed by atoms with Crippen molar-refractivity contribution in [3.63, 3.8) is 0 Å². The first-order chi connectivity index (χ1) is 32.8. The van der Waals surface area contributed by atoms with E-state index in [1.54, 1.807) is 0 Å². The van der Waals surface area contributed by atoms with Crippen molar-refractivity contribution in [3.8, 4) is 0 Å². The highest BCUT2D eigenvalue weighted by atomic mass is 16.5. The molecule has 11 nitrogen and oxygen atoms in total. The van der Waals surface area contributed by atoms with E-state index >= 15 is 0 Å². The lowest BCUT2D eigenvalue weighted by Crippen LogP contribution is -2.45. The van der Waals surface area contributed by atoms with Gasteiger partial charge in [-0.3, -0.25) is 19.2 Å². The second-order valence-electron chi connectivity index (χ2n) is 21.0. The molecule has 0 aromatic carbocycles. The molecule has 0 aliphatic heterocycles. The summed E-state index contributed by atoms with van der Waals surface area (Å²) >= 11 is 0. The maximum atomic E-state index is 13.6. The van der Waals surface area contributed by atoms with Crippen LogP contribution in [-0.2, 0) is 38.2 Å². The third-order valence-electron chi connectivity index (χ3n) is 14.5. The number of rotatable bonds is 46. The van der Waals surface area contributed by atoms with E-state index in [2.05, 4.69) is 32.6 Å². The Labute approximate surface area is 415 Å². The highest BCUT2D eigenvalue weighted by Gasteiger charge is 2.53. The zero-order valence-electron chi connectivity index (χ0n) is 44.6. The molecule has 0 fully saturated rings.